The molecule has 0 bridgehead atoms. The molecule has 0 radical (unpaired) electrons. The van der Waals surface area contributed by atoms with Gasteiger partial charge >= 0.3 is 0 Å². The van der Waals surface area contributed by atoms with Crippen LogP contribution in [0.5, 0.6) is 0 Å². The predicted octanol–water partition coefficient (Wildman–Crippen LogP) is 2.59. The van der Waals surface area contributed by atoms with E-state index >= 15 is 0 Å². The van der Waals surface area contributed by atoms with Crippen LogP contribution in [0, 0.1) is 0 Å². The second-order valence-corrected chi connectivity index (χ2v) is 10.1. The summed E-state index contributed by atoms with van der Waals surface area (Å²) in [5, 5.41) is 12.8. The fourth-order valence-electron chi connectivity index (χ4n) is 4.13. The molecule has 3 rings (SSSR count). The SMILES string of the molecule is O=C(CNc1cc(CO)ccc1Cl)N(C1CCCCC1)C1CCS(=O)(=O)C1. The highest BCUT2D eigenvalue weighted by Gasteiger charge is 2.38. The molecule has 2 aliphatic rings. The summed E-state index contributed by atoms with van der Waals surface area (Å²) in [5.74, 6) is 0.136. The van der Waals surface area contributed by atoms with Gasteiger partial charge in [-0.1, -0.05) is 36.9 Å². The Balaban J connectivity index is 1.73. The molecule has 2 N–H and O–H groups in total. The van der Waals surface area contributed by atoms with Crippen LogP contribution in [0.15, 0.2) is 18.2 Å². The Morgan fingerprint density at radius 2 is 1.93 bits per heavy atom. The molecule has 2 fully saturated rings. The average molecular weight is 415 g/mol. The van der Waals surface area contributed by atoms with Crippen molar-refractivity contribution < 1.29 is 18.3 Å². The molecule has 1 aliphatic carbocycles. The van der Waals surface area contributed by atoms with Gasteiger partial charge in [0.2, 0.25) is 5.91 Å². The molecule has 1 saturated heterocycles. The lowest BCUT2D eigenvalue weighted by Crippen LogP contribution is -2.50. The minimum absolute atomic E-state index is 0.0572. The van der Waals surface area contributed by atoms with Gasteiger partial charge in [0.15, 0.2) is 9.84 Å². The van der Waals surface area contributed by atoms with Crippen LogP contribution in [-0.4, -0.2) is 54.5 Å². The number of aliphatic hydroxyl groups excluding tert-OH is 1. The third kappa shape index (κ3) is 5.15. The Bertz CT molecular complexity index is 778. The molecule has 1 saturated carbocycles. The molecule has 1 aliphatic heterocycles. The lowest BCUT2D eigenvalue weighted by atomic mass is 9.93. The second kappa shape index (κ2) is 8.80. The van der Waals surface area contributed by atoms with Crippen LogP contribution in [0.3, 0.4) is 0 Å². The van der Waals surface area contributed by atoms with E-state index in [1.54, 1.807) is 18.2 Å². The molecule has 150 valence electrons. The van der Waals surface area contributed by atoms with E-state index in [0.717, 1.165) is 25.7 Å². The molecule has 0 aromatic heterocycles. The minimum atomic E-state index is -3.06. The van der Waals surface area contributed by atoms with Gasteiger partial charge in [-0.05, 0) is 37.0 Å². The standard InChI is InChI=1S/C19H27ClN2O4S/c20-17-7-6-14(12-23)10-18(17)21-11-19(24)22(15-4-2-1-3-5-15)16-8-9-27(25,26)13-16/h6-7,10,15-16,21,23H,1-5,8-9,11-13H2. The first kappa shape index (κ1) is 20.4. The molecule has 1 atom stereocenters. The van der Waals surface area contributed by atoms with Crippen LogP contribution >= 0.6 is 11.6 Å². The van der Waals surface area contributed by atoms with Gasteiger partial charge in [0.1, 0.15) is 0 Å². The van der Waals surface area contributed by atoms with Gasteiger partial charge < -0.3 is 15.3 Å². The van der Waals surface area contributed by atoms with Crippen molar-refractivity contribution in [1.82, 2.24) is 4.90 Å². The van der Waals surface area contributed by atoms with Crippen molar-refractivity contribution in [1.29, 1.82) is 0 Å². The molecule has 1 amide bonds. The largest absolute Gasteiger partial charge is 0.392 e. The number of benzene rings is 1. The molecule has 8 heteroatoms. The van der Waals surface area contributed by atoms with Gasteiger partial charge in [-0.2, -0.15) is 0 Å². The van der Waals surface area contributed by atoms with Crippen molar-refractivity contribution in [2.45, 2.75) is 57.2 Å². The molecule has 27 heavy (non-hydrogen) atoms. The third-order valence-corrected chi connectivity index (χ3v) is 7.58. The Morgan fingerprint density at radius 3 is 2.56 bits per heavy atom. The lowest BCUT2D eigenvalue weighted by Gasteiger charge is -2.38. The van der Waals surface area contributed by atoms with E-state index in [0.29, 0.717) is 22.7 Å². The smallest absolute Gasteiger partial charge is 0.242 e. The number of hydrogen-bond acceptors (Lipinski definition) is 5. The highest BCUT2D eigenvalue weighted by Crippen LogP contribution is 2.29. The Hall–Kier alpha value is -1.31. The summed E-state index contributed by atoms with van der Waals surface area (Å²) >= 11 is 6.18. The molecular weight excluding hydrogens is 388 g/mol. The topological polar surface area (TPSA) is 86.7 Å². The zero-order valence-electron chi connectivity index (χ0n) is 15.4. The number of carbonyl (C=O) groups is 1. The van der Waals surface area contributed by atoms with Crippen LogP contribution in [0.2, 0.25) is 5.02 Å². The number of rotatable bonds is 6. The average Bonchev–Trinajstić information content (AvgIpc) is 3.01. The van der Waals surface area contributed by atoms with Crippen LogP contribution in [0.25, 0.3) is 0 Å². The maximum Gasteiger partial charge on any atom is 0.242 e. The number of nitrogens with one attached hydrogen (secondary N) is 1. The van der Waals surface area contributed by atoms with Crippen LogP contribution in [0.4, 0.5) is 5.69 Å². The number of halogens is 1. The Labute approximate surface area is 165 Å². The van der Waals surface area contributed by atoms with Crippen LogP contribution in [0.1, 0.15) is 44.1 Å². The van der Waals surface area contributed by atoms with Gasteiger partial charge in [-0.15, -0.1) is 0 Å². The Kier molecular flexibility index (Phi) is 6.65. The molecular formula is C19H27ClN2O4S. The number of anilines is 1. The zero-order valence-corrected chi connectivity index (χ0v) is 16.9. The van der Waals surface area contributed by atoms with E-state index < -0.39 is 9.84 Å². The monoisotopic (exact) mass is 414 g/mol. The maximum absolute atomic E-state index is 13.1. The number of carbonyl (C=O) groups excluding carboxylic acids is 1. The van der Waals surface area contributed by atoms with Crippen molar-refractivity contribution in [3.05, 3.63) is 28.8 Å². The van der Waals surface area contributed by atoms with E-state index in [4.69, 9.17) is 11.6 Å². The first-order valence-corrected chi connectivity index (χ1v) is 11.7. The van der Waals surface area contributed by atoms with Gasteiger partial charge in [0.25, 0.3) is 0 Å². The fraction of sp³-hybridized carbons (Fsp3) is 0.632. The summed E-state index contributed by atoms with van der Waals surface area (Å²) in [5.41, 5.74) is 1.31. The van der Waals surface area contributed by atoms with Crippen molar-refractivity contribution in [2.75, 3.05) is 23.4 Å². The van der Waals surface area contributed by atoms with Crippen molar-refractivity contribution in [3.8, 4) is 0 Å². The summed E-state index contributed by atoms with van der Waals surface area (Å²) in [6.07, 6.45) is 5.71. The fourth-order valence-corrected chi connectivity index (χ4v) is 6.02. The highest BCUT2D eigenvalue weighted by atomic mass is 35.5. The molecule has 1 heterocycles. The van der Waals surface area contributed by atoms with Crippen LogP contribution < -0.4 is 5.32 Å². The van der Waals surface area contributed by atoms with E-state index in [2.05, 4.69) is 5.32 Å². The van der Waals surface area contributed by atoms with Gasteiger partial charge in [0.05, 0.1) is 35.4 Å². The predicted molar refractivity (Wildman–Crippen MR) is 107 cm³/mol. The number of nitrogens with zero attached hydrogens (tertiary/aromatic N) is 1. The van der Waals surface area contributed by atoms with Crippen molar-refractivity contribution in [3.63, 3.8) is 0 Å². The van der Waals surface area contributed by atoms with Gasteiger partial charge in [-0.25, -0.2) is 8.42 Å². The number of aliphatic hydroxyl groups is 1. The molecule has 1 aromatic rings. The quantitative estimate of drug-likeness (QED) is 0.747. The normalized spacial score (nSPS) is 22.5. The van der Waals surface area contributed by atoms with E-state index in [1.165, 1.54) is 6.42 Å². The van der Waals surface area contributed by atoms with Crippen LogP contribution in [-0.2, 0) is 21.2 Å². The van der Waals surface area contributed by atoms with Crippen molar-refractivity contribution >= 4 is 33.0 Å². The minimum Gasteiger partial charge on any atom is -0.392 e. The first-order valence-electron chi connectivity index (χ1n) is 9.54. The Morgan fingerprint density at radius 1 is 1.19 bits per heavy atom. The summed E-state index contributed by atoms with van der Waals surface area (Å²) in [6.45, 7) is -0.0461. The lowest BCUT2D eigenvalue weighted by molar-refractivity contribution is -0.134. The van der Waals surface area contributed by atoms with E-state index in [-0.39, 0.29) is 42.6 Å². The summed E-state index contributed by atoms with van der Waals surface area (Å²) in [4.78, 5) is 14.9. The number of sulfone groups is 1. The second-order valence-electron chi connectivity index (χ2n) is 7.48. The molecule has 1 unspecified atom stereocenters. The summed E-state index contributed by atoms with van der Waals surface area (Å²) in [6, 6.07) is 5.02. The molecule has 1 aromatic carbocycles. The van der Waals surface area contributed by atoms with Crippen molar-refractivity contribution in [2.24, 2.45) is 0 Å². The van der Waals surface area contributed by atoms with Gasteiger partial charge in [-0.3, -0.25) is 4.79 Å². The third-order valence-electron chi connectivity index (χ3n) is 5.50. The summed E-state index contributed by atoms with van der Waals surface area (Å²) < 4.78 is 23.9. The first-order chi connectivity index (χ1) is 12.9. The highest BCUT2D eigenvalue weighted by molar-refractivity contribution is 7.91. The molecule has 0 spiro atoms. The van der Waals surface area contributed by atoms with E-state index in [1.807, 2.05) is 4.90 Å². The maximum atomic E-state index is 13.1. The van der Waals surface area contributed by atoms with Gasteiger partial charge in [0, 0.05) is 12.1 Å². The number of hydrogen-bond donors (Lipinski definition) is 2. The molecule has 6 nitrogen and oxygen atoms in total. The number of amides is 1. The zero-order chi connectivity index (χ0) is 19.4. The van der Waals surface area contributed by atoms with E-state index in [9.17, 15) is 18.3 Å². The summed E-state index contributed by atoms with van der Waals surface area (Å²) in [7, 11) is -3.06.